The molecule has 6 nitrogen and oxygen atoms in total. The molecule has 3 rings (SSSR count). The molecule has 0 spiro atoms. The second-order valence-corrected chi connectivity index (χ2v) is 8.16. The SMILES string of the molecule is C=CCN(Cc1ccc(C(=O)N(C)CC(=O)O)cc1)c1nc(-c2ccccc2Cl)cs1. The van der Waals surface area contributed by atoms with Crippen molar-refractivity contribution < 1.29 is 14.7 Å². The minimum atomic E-state index is -1.05. The van der Waals surface area contributed by atoms with Gasteiger partial charge in [-0.25, -0.2) is 4.98 Å². The lowest BCUT2D eigenvalue weighted by atomic mass is 10.1. The third-order valence-corrected chi connectivity index (χ3v) is 5.79. The molecule has 0 aliphatic rings. The number of benzene rings is 2. The van der Waals surface area contributed by atoms with Gasteiger partial charge in [-0.15, -0.1) is 17.9 Å². The number of likely N-dealkylation sites (N-methyl/N-ethyl adjacent to an activating group) is 1. The van der Waals surface area contributed by atoms with E-state index in [0.29, 0.717) is 23.7 Å². The summed E-state index contributed by atoms with van der Waals surface area (Å²) in [6.07, 6.45) is 1.81. The van der Waals surface area contributed by atoms with Gasteiger partial charge in [0, 0.05) is 41.7 Å². The first-order valence-corrected chi connectivity index (χ1v) is 10.8. The highest BCUT2D eigenvalue weighted by molar-refractivity contribution is 7.14. The Morgan fingerprint density at radius 2 is 1.90 bits per heavy atom. The summed E-state index contributed by atoms with van der Waals surface area (Å²) < 4.78 is 0. The zero-order chi connectivity index (χ0) is 22.4. The van der Waals surface area contributed by atoms with Gasteiger partial charge in [-0.1, -0.05) is 48.0 Å². The molecule has 0 unspecified atom stereocenters. The van der Waals surface area contributed by atoms with Crippen molar-refractivity contribution in [2.75, 3.05) is 25.0 Å². The van der Waals surface area contributed by atoms with Gasteiger partial charge in [-0.3, -0.25) is 9.59 Å². The summed E-state index contributed by atoms with van der Waals surface area (Å²) in [4.78, 5) is 31.1. The van der Waals surface area contributed by atoms with Crippen molar-refractivity contribution in [3.8, 4) is 11.3 Å². The van der Waals surface area contributed by atoms with E-state index < -0.39 is 5.97 Å². The Kier molecular flexibility index (Phi) is 7.44. The first-order chi connectivity index (χ1) is 14.9. The molecule has 1 amide bonds. The molecule has 0 aliphatic heterocycles. The van der Waals surface area contributed by atoms with Crippen LogP contribution >= 0.6 is 22.9 Å². The number of rotatable bonds is 9. The molecule has 0 atom stereocenters. The first-order valence-electron chi connectivity index (χ1n) is 9.51. The van der Waals surface area contributed by atoms with Gasteiger partial charge in [0.25, 0.3) is 5.91 Å². The van der Waals surface area contributed by atoms with Crippen LogP contribution in [0.25, 0.3) is 11.3 Å². The van der Waals surface area contributed by atoms with Gasteiger partial charge in [0.1, 0.15) is 6.54 Å². The quantitative estimate of drug-likeness (QED) is 0.468. The first kappa shape index (κ1) is 22.5. The highest BCUT2D eigenvalue weighted by Crippen LogP contribution is 2.32. The van der Waals surface area contributed by atoms with Gasteiger partial charge in [0.15, 0.2) is 5.13 Å². The molecule has 2 aromatic carbocycles. The maximum atomic E-state index is 12.3. The molecule has 0 saturated carbocycles. The summed E-state index contributed by atoms with van der Waals surface area (Å²) in [5.74, 6) is -1.38. The van der Waals surface area contributed by atoms with Crippen LogP contribution in [0.5, 0.6) is 0 Å². The number of carboxylic acids is 1. The van der Waals surface area contributed by atoms with Crippen LogP contribution in [0.3, 0.4) is 0 Å². The Morgan fingerprint density at radius 1 is 1.19 bits per heavy atom. The van der Waals surface area contributed by atoms with Crippen molar-refractivity contribution >= 4 is 39.9 Å². The number of nitrogens with zero attached hydrogens (tertiary/aromatic N) is 3. The van der Waals surface area contributed by atoms with E-state index >= 15 is 0 Å². The molecule has 1 aromatic heterocycles. The molecule has 0 fully saturated rings. The van der Waals surface area contributed by atoms with Crippen molar-refractivity contribution in [1.82, 2.24) is 9.88 Å². The summed E-state index contributed by atoms with van der Waals surface area (Å²) in [5.41, 5.74) is 3.15. The Bertz CT molecular complexity index is 1080. The number of thiazole rings is 1. The van der Waals surface area contributed by atoms with Gasteiger partial charge < -0.3 is 14.9 Å². The smallest absolute Gasteiger partial charge is 0.323 e. The topological polar surface area (TPSA) is 73.7 Å². The standard InChI is InChI=1S/C23H22ClN3O3S/c1-3-12-27(23-25-20(15-31-23)18-6-4-5-7-19(18)24)13-16-8-10-17(11-9-16)22(30)26(2)14-21(28)29/h3-11,15H,1,12-14H2,2H3,(H,28,29). The Balaban J connectivity index is 1.75. The fourth-order valence-electron chi connectivity index (χ4n) is 3.04. The molecular formula is C23H22ClN3O3S. The molecule has 8 heteroatoms. The minimum Gasteiger partial charge on any atom is -0.480 e. The Hall–Kier alpha value is -3.16. The van der Waals surface area contributed by atoms with E-state index in [1.165, 1.54) is 23.3 Å². The van der Waals surface area contributed by atoms with E-state index in [1.54, 1.807) is 12.1 Å². The van der Waals surface area contributed by atoms with Gasteiger partial charge in [0.05, 0.1) is 5.69 Å². The lowest BCUT2D eigenvalue weighted by Crippen LogP contribution is -2.31. The fraction of sp³-hybridized carbons (Fsp3) is 0.174. The molecule has 0 aliphatic carbocycles. The van der Waals surface area contributed by atoms with E-state index in [-0.39, 0.29) is 12.5 Å². The van der Waals surface area contributed by atoms with E-state index in [4.69, 9.17) is 21.7 Å². The fourth-order valence-corrected chi connectivity index (χ4v) is 4.10. The monoisotopic (exact) mass is 455 g/mol. The highest BCUT2D eigenvalue weighted by Gasteiger charge is 2.16. The van der Waals surface area contributed by atoms with Gasteiger partial charge in [-0.05, 0) is 23.8 Å². The lowest BCUT2D eigenvalue weighted by Gasteiger charge is -2.20. The number of aromatic nitrogens is 1. The molecule has 0 saturated heterocycles. The molecular weight excluding hydrogens is 434 g/mol. The predicted molar refractivity (Wildman–Crippen MR) is 125 cm³/mol. The number of halogens is 1. The van der Waals surface area contributed by atoms with Crippen LogP contribution in [0, 0.1) is 0 Å². The zero-order valence-corrected chi connectivity index (χ0v) is 18.6. The van der Waals surface area contributed by atoms with Gasteiger partial charge >= 0.3 is 5.97 Å². The van der Waals surface area contributed by atoms with Crippen LogP contribution in [0.2, 0.25) is 5.02 Å². The van der Waals surface area contributed by atoms with Crippen molar-refractivity contribution in [3.05, 3.63) is 82.7 Å². The van der Waals surface area contributed by atoms with Crippen LogP contribution in [-0.4, -0.2) is 47.0 Å². The van der Waals surface area contributed by atoms with E-state index in [2.05, 4.69) is 11.5 Å². The van der Waals surface area contributed by atoms with E-state index in [1.807, 2.05) is 47.9 Å². The third kappa shape index (κ3) is 5.71. The zero-order valence-electron chi connectivity index (χ0n) is 17.0. The van der Waals surface area contributed by atoms with Crippen LogP contribution in [0.4, 0.5) is 5.13 Å². The number of carbonyl (C=O) groups excluding carboxylic acids is 1. The molecule has 3 aromatic rings. The van der Waals surface area contributed by atoms with Gasteiger partial charge in [0.2, 0.25) is 0 Å². The van der Waals surface area contributed by atoms with E-state index in [0.717, 1.165) is 22.0 Å². The summed E-state index contributed by atoms with van der Waals surface area (Å²) in [5, 5.41) is 12.3. The third-order valence-electron chi connectivity index (χ3n) is 4.56. The average Bonchev–Trinajstić information content (AvgIpc) is 3.23. The molecule has 0 radical (unpaired) electrons. The number of anilines is 1. The maximum absolute atomic E-state index is 12.3. The largest absolute Gasteiger partial charge is 0.480 e. The van der Waals surface area contributed by atoms with Gasteiger partial charge in [-0.2, -0.15) is 0 Å². The van der Waals surface area contributed by atoms with Crippen molar-refractivity contribution in [1.29, 1.82) is 0 Å². The lowest BCUT2D eigenvalue weighted by molar-refractivity contribution is -0.137. The summed E-state index contributed by atoms with van der Waals surface area (Å²) in [6, 6.07) is 14.7. The number of carboxylic acid groups (broad SMARTS) is 1. The Labute approximate surface area is 190 Å². The molecule has 160 valence electrons. The number of hydrogen-bond acceptors (Lipinski definition) is 5. The number of carbonyl (C=O) groups is 2. The minimum absolute atomic E-state index is 0.332. The molecule has 1 N–H and O–H groups in total. The summed E-state index contributed by atoms with van der Waals surface area (Å²) in [7, 11) is 1.47. The normalized spacial score (nSPS) is 10.5. The van der Waals surface area contributed by atoms with Crippen LogP contribution in [0.1, 0.15) is 15.9 Å². The van der Waals surface area contributed by atoms with Crippen molar-refractivity contribution in [3.63, 3.8) is 0 Å². The number of hydrogen-bond donors (Lipinski definition) is 1. The van der Waals surface area contributed by atoms with E-state index in [9.17, 15) is 9.59 Å². The summed E-state index contributed by atoms with van der Waals surface area (Å²) >= 11 is 7.83. The van der Waals surface area contributed by atoms with Crippen molar-refractivity contribution in [2.45, 2.75) is 6.54 Å². The van der Waals surface area contributed by atoms with Crippen LogP contribution in [0.15, 0.2) is 66.6 Å². The highest BCUT2D eigenvalue weighted by atomic mass is 35.5. The van der Waals surface area contributed by atoms with Crippen LogP contribution < -0.4 is 4.90 Å². The molecule has 31 heavy (non-hydrogen) atoms. The number of amides is 1. The Morgan fingerprint density at radius 3 is 2.55 bits per heavy atom. The maximum Gasteiger partial charge on any atom is 0.323 e. The van der Waals surface area contributed by atoms with Crippen LogP contribution in [-0.2, 0) is 11.3 Å². The number of aliphatic carboxylic acids is 1. The second kappa shape index (κ2) is 10.2. The van der Waals surface area contributed by atoms with Crippen molar-refractivity contribution in [2.24, 2.45) is 0 Å². The average molecular weight is 456 g/mol. The molecule has 0 bridgehead atoms. The predicted octanol–water partition coefficient (Wildman–Crippen LogP) is 4.81. The molecule has 1 heterocycles. The second-order valence-electron chi connectivity index (χ2n) is 6.92. The summed E-state index contributed by atoms with van der Waals surface area (Å²) in [6.45, 7) is 4.69.